The molecular weight excluding hydrogens is 428 g/mol. The predicted molar refractivity (Wildman–Crippen MR) is 132 cm³/mol. The molecule has 0 unspecified atom stereocenters. The first-order valence-corrected chi connectivity index (χ1v) is 10.7. The number of carbonyl (C=O) groups is 1. The highest BCUT2D eigenvalue weighted by molar-refractivity contribution is 6.06. The first-order valence-electron chi connectivity index (χ1n) is 10.7. The van der Waals surface area contributed by atoms with Crippen LogP contribution in [0.4, 0.5) is 11.4 Å². The van der Waals surface area contributed by atoms with Crippen LogP contribution in [0.5, 0.6) is 0 Å². The standard InChI is InChI=1S/C27H20N4O3/c1-18-15-24(29-27(32)22-11-13-23(14-12-22)31(33)34)26-28-25(17-30(26)16-18)21-9-7-20(8-10-21)19-5-3-2-4-6-19/h2-17H,1H3,(H,29,32). The van der Waals surface area contributed by atoms with Crippen LogP contribution in [0, 0.1) is 17.0 Å². The molecule has 7 nitrogen and oxygen atoms in total. The Balaban J connectivity index is 1.45. The molecule has 0 aliphatic rings. The molecule has 7 heteroatoms. The molecule has 0 bridgehead atoms. The van der Waals surface area contributed by atoms with Crippen LogP contribution in [0.25, 0.3) is 28.0 Å². The van der Waals surface area contributed by atoms with Crippen molar-refractivity contribution in [1.29, 1.82) is 0 Å². The molecule has 166 valence electrons. The predicted octanol–water partition coefficient (Wildman–Crippen LogP) is 6.14. The molecule has 2 heterocycles. The van der Waals surface area contributed by atoms with Gasteiger partial charge in [0.2, 0.25) is 0 Å². The molecule has 1 amide bonds. The lowest BCUT2D eigenvalue weighted by Crippen LogP contribution is -2.13. The summed E-state index contributed by atoms with van der Waals surface area (Å²) in [5.74, 6) is -0.362. The van der Waals surface area contributed by atoms with Gasteiger partial charge in [-0.1, -0.05) is 54.6 Å². The molecule has 1 N–H and O–H groups in total. The number of carbonyl (C=O) groups excluding carboxylic acids is 1. The Morgan fingerprint density at radius 3 is 2.21 bits per heavy atom. The molecule has 0 aliphatic carbocycles. The minimum absolute atomic E-state index is 0.0642. The fourth-order valence-electron chi connectivity index (χ4n) is 3.86. The number of amides is 1. The number of imidazole rings is 1. The van der Waals surface area contributed by atoms with Gasteiger partial charge in [-0.2, -0.15) is 0 Å². The van der Waals surface area contributed by atoms with E-state index in [1.165, 1.54) is 24.3 Å². The average Bonchev–Trinajstić information content (AvgIpc) is 3.29. The van der Waals surface area contributed by atoms with Crippen molar-refractivity contribution in [3.05, 3.63) is 119 Å². The van der Waals surface area contributed by atoms with Gasteiger partial charge in [0, 0.05) is 35.7 Å². The molecular formula is C27H20N4O3. The fraction of sp³-hybridized carbons (Fsp3) is 0.0370. The Hall–Kier alpha value is -4.78. The van der Waals surface area contributed by atoms with Crippen molar-refractivity contribution in [2.24, 2.45) is 0 Å². The van der Waals surface area contributed by atoms with Gasteiger partial charge in [-0.25, -0.2) is 4.98 Å². The SMILES string of the molecule is Cc1cc(NC(=O)c2ccc([N+](=O)[O-])cc2)c2nc(-c3ccc(-c4ccccc4)cc3)cn2c1. The molecule has 34 heavy (non-hydrogen) atoms. The third-order valence-electron chi connectivity index (χ3n) is 5.56. The zero-order valence-electron chi connectivity index (χ0n) is 18.3. The van der Waals surface area contributed by atoms with E-state index in [2.05, 4.69) is 29.6 Å². The number of fused-ring (bicyclic) bond motifs is 1. The minimum atomic E-state index is -0.496. The van der Waals surface area contributed by atoms with Crippen LogP contribution in [-0.2, 0) is 0 Å². The number of non-ortho nitro benzene ring substituents is 1. The normalized spacial score (nSPS) is 10.9. The van der Waals surface area contributed by atoms with Gasteiger partial charge in [0.25, 0.3) is 11.6 Å². The molecule has 3 aromatic carbocycles. The molecule has 0 saturated carbocycles. The molecule has 2 aromatic heterocycles. The molecule has 0 fully saturated rings. The largest absolute Gasteiger partial charge is 0.319 e. The lowest BCUT2D eigenvalue weighted by atomic mass is 10.0. The summed E-state index contributed by atoms with van der Waals surface area (Å²) in [5, 5.41) is 13.8. The van der Waals surface area contributed by atoms with Crippen molar-refractivity contribution in [2.75, 3.05) is 5.32 Å². The van der Waals surface area contributed by atoms with E-state index >= 15 is 0 Å². The van der Waals surface area contributed by atoms with Crippen molar-refractivity contribution in [1.82, 2.24) is 9.38 Å². The van der Waals surface area contributed by atoms with E-state index in [0.717, 1.165) is 27.9 Å². The number of hydrogen-bond donors (Lipinski definition) is 1. The molecule has 5 rings (SSSR count). The minimum Gasteiger partial charge on any atom is -0.319 e. The van der Waals surface area contributed by atoms with Gasteiger partial charge in [0.1, 0.15) is 0 Å². The van der Waals surface area contributed by atoms with Gasteiger partial charge < -0.3 is 9.72 Å². The summed E-state index contributed by atoms with van der Waals surface area (Å²) in [6, 6.07) is 25.7. The second kappa shape index (κ2) is 8.63. The van der Waals surface area contributed by atoms with E-state index in [9.17, 15) is 14.9 Å². The van der Waals surface area contributed by atoms with Crippen molar-refractivity contribution in [3.63, 3.8) is 0 Å². The number of aryl methyl sites for hydroxylation is 1. The fourth-order valence-corrected chi connectivity index (χ4v) is 3.86. The van der Waals surface area contributed by atoms with Crippen LogP contribution in [-0.4, -0.2) is 20.2 Å². The third-order valence-corrected chi connectivity index (χ3v) is 5.56. The highest BCUT2D eigenvalue weighted by Gasteiger charge is 2.14. The summed E-state index contributed by atoms with van der Waals surface area (Å²) in [7, 11) is 0. The van der Waals surface area contributed by atoms with Crippen molar-refractivity contribution in [2.45, 2.75) is 6.92 Å². The summed E-state index contributed by atoms with van der Waals surface area (Å²) in [5.41, 5.74) is 6.42. The van der Waals surface area contributed by atoms with E-state index in [0.29, 0.717) is 16.9 Å². The summed E-state index contributed by atoms with van der Waals surface area (Å²) in [4.78, 5) is 27.9. The Bertz CT molecular complexity index is 1510. The number of aromatic nitrogens is 2. The zero-order valence-corrected chi connectivity index (χ0v) is 18.3. The number of rotatable bonds is 5. The first-order chi connectivity index (χ1) is 16.5. The van der Waals surface area contributed by atoms with Crippen LogP contribution in [0.2, 0.25) is 0 Å². The summed E-state index contributed by atoms with van der Waals surface area (Å²) in [6.07, 6.45) is 3.88. The second-order valence-corrected chi connectivity index (χ2v) is 7.99. The second-order valence-electron chi connectivity index (χ2n) is 7.99. The van der Waals surface area contributed by atoms with Crippen molar-refractivity contribution >= 4 is 22.9 Å². The van der Waals surface area contributed by atoms with Crippen LogP contribution < -0.4 is 5.32 Å². The smallest absolute Gasteiger partial charge is 0.269 e. The third kappa shape index (κ3) is 4.14. The molecule has 0 saturated heterocycles. The monoisotopic (exact) mass is 448 g/mol. The van der Waals surface area contributed by atoms with Gasteiger partial charge in [-0.05, 0) is 41.8 Å². The van der Waals surface area contributed by atoms with Crippen molar-refractivity contribution in [3.8, 4) is 22.4 Å². The number of nitrogens with zero attached hydrogens (tertiary/aromatic N) is 3. The molecule has 0 atom stereocenters. The summed E-state index contributed by atoms with van der Waals surface area (Å²) >= 11 is 0. The first kappa shape index (κ1) is 21.1. The number of benzene rings is 3. The number of anilines is 1. The number of nitro benzene ring substituents is 1. The van der Waals surface area contributed by atoms with Crippen LogP contribution in [0.1, 0.15) is 15.9 Å². The quantitative estimate of drug-likeness (QED) is 0.258. The highest BCUT2D eigenvalue weighted by atomic mass is 16.6. The number of nitrogens with one attached hydrogen (secondary N) is 1. The zero-order chi connectivity index (χ0) is 23.7. The van der Waals surface area contributed by atoms with E-state index in [1.54, 1.807) is 0 Å². The van der Waals surface area contributed by atoms with Crippen molar-refractivity contribution < 1.29 is 9.72 Å². The lowest BCUT2D eigenvalue weighted by molar-refractivity contribution is -0.384. The number of pyridine rings is 1. The maximum Gasteiger partial charge on any atom is 0.269 e. The molecule has 0 radical (unpaired) electrons. The Labute approximate surface area is 195 Å². The average molecular weight is 448 g/mol. The topological polar surface area (TPSA) is 89.5 Å². The molecule has 0 spiro atoms. The van der Waals surface area contributed by atoms with Gasteiger partial charge >= 0.3 is 0 Å². The van der Waals surface area contributed by atoms with Crippen LogP contribution >= 0.6 is 0 Å². The summed E-state index contributed by atoms with van der Waals surface area (Å²) < 4.78 is 1.89. The van der Waals surface area contributed by atoms with E-state index in [1.807, 2.05) is 60.1 Å². The Morgan fingerprint density at radius 2 is 1.53 bits per heavy atom. The van der Waals surface area contributed by atoms with E-state index < -0.39 is 4.92 Å². The Morgan fingerprint density at radius 1 is 0.882 bits per heavy atom. The molecule has 0 aliphatic heterocycles. The number of hydrogen-bond acceptors (Lipinski definition) is 4. The summed E-state index contributed by atoms with van der Waals surface area (Å²) in [6.45, 7) is 1.94. The Kier molecular flexibility index (Phi) is 5.35. The number of nitro groups is 1. The van der Waals surface area contributed by atoms with E-state index in [4.69, 9.17) is 4.98 Å². The lowest BCUT2D eigenvalue weighted by Gasteiger charge is -2.08. The van der Waals surface area contributed by atoms with Gasteiger partial charge in [-0.15, -0.1) is 0 Å². The van der Waals surface area contributed by atoms with Crippen LogP contribution in [0.15, 0.2) is 97.3 Å². The van der Waals surface area contributed by atoms with Gasteiger partial charge in [0.15, 0.2) is 5.65 Å². The maximum atomic E-state index is 12.8. The highest BCUT2D eigenvalue weighted by Crippen LogP contribution is 2.27. The molecule has 5 aromatic rings. The van der Waals surface area contributed by atoms with Gasteiger partial charge in [-0.3, -0.25) is 14.9 Å². The van der Waals surface area contributed by atoms with Crippen LogP contribution in [0.3, 0.4) is 0 Å². The maximum absolute atomic E-state index is 12.8. The van der Waals surface area contributed by atoms with E-state index in [-0.39, 0.29) is 11.6 Å². The van der Waals surface area contributed by atoms with Gasteiger partial charge in [0.05, 0.1) is 16.3 Å².